The minimum absolute atomic E-state index is 0.0393. The quantitative estimate of drug-likeness (QED) is 0.850. The molecule has 0 radical (unpaired) electrons. The van der Waals surface area contributed by atoms with E-state index in [9.17, 15) is 13.2 Å². The zero-order valence-electron chi connectivity index (χ0n) is 14.7. The number of benzene rings is 1. The van der Waals surface area contributed by atoms with Gasteiger partial charge in [-0.15, -0.1) is 0 Å². The van der Waals surface area contributed by atoms with E-state index in [4.69, 9.17) is 4.74 Å². The van der Waals surface area contributed by atoms with Crippen LogP contribution in [0.4, 0.5) is 0 Å². The Morgan fingerprint density at radius 1 is 1.23 bits per heavy atom. The number of rotatable bonds is 4. The maximum Gasteiger partial charge on any atom is 0.254 e. The van der Waals surface area contributed by atoms with Crippen LogP contribution in [-0.2, 0) is 14.6 Å². The van der Waals surface area contributed by atoms with Crippen molar-refractivity contribution in [2.24, 2.45) is 0 Å². The van der Waals surface area contributed by atoms with Crippen molar-refractivity contribution in [1.82, 2.24) is 14.8 Å². The lowest BCUT2D eigenvalue weighted by molar-refractivity contribution is 0.0247. The fourth-order valence-corrected chi connectivity index (χ4v) is 6.12. The second-order valence-electron chi connectivity index (χ2n) is 7.02. The number of ether oxygens (including phenoxy) is 1. The van der Waals surface area contributed by atoms with Gasteiger partial charge in [-0.25, -0.2) is 8.42 Å². The normalized spacial score (nSPS) is 25.5. The van der Waals surface area contributed by atoms with Gasteiger partial charge in [-0.2, -0.15) is 0 Å². The van der Waals surface area contributed by atoms with Gasteiger partial charge in [-0.05, 0) is 23.6 Å². The molecule has 8 heteroatoms. The van der Waals surface area contributed by atoms with Crippen molar-refractivity contribution in [2.75, 3.05) is 44.9 Å². The van der Waals surface area contributed by atoms with Gasteiger partial charge in [0.05, 0.1) is 24.2 Å². The molecule has 1 aromatic carbocycles. The molecule has 3 heterocycles. The third-order valence-corrected chi connectivity index (χ3v) is 7.14. The average Bonchev–Trinajstić information content (AvgIpc) is 3.21. The molecule has 0 aliphatic carbocycles. The standard InChI is InChI=1S/C18H23N3O4S/c1-25-9-8-20-6-7-21(17-12-26(23,24)11-16(17)20)18(22)14-3-2-13-4-5-19-15(13)10-14/h2-5,10,16-17,19H,6-9,11-12H2,1H3/t16-,17+/m1/s1. The molecule has 0 spiro atoms. The first-order chi connectivity index (χ1) is 12.5. The molecule has 2 aliphatic rings. The maximum atomic E-state index is 13.1. The Balaban J connectivity index is 1.60. The van der Waals surface area contributed by atoms with E-state index in [0.717, 1.165) is 10.9 Å². The number of amides is 1. The van der Waals surface area contributed by atoms with Gasteiger partial charge in [-0.1, -0.05) is 6.07 Å². The number of nitrogens with one attached hydrogen (secondary N) is 1. The predicted octanol–water partition coefficient (Wildman–Crippen LogP) is 0.738. The van der Waals surface area contributed by atoms with Crippen molar-refractivity contribution in [3.63, 3.8) is 0 Å². The van der Waals surface area contributed by atoms with Crippen LogP contribution in [0.25, 0.3) is 10.9 Å². The summed E-state index contributed by atoms with van der Waals surface area (Å²) in [5.74, 6) is 0.0540. The lowest BCUT2D eigenvalue weighted by Gasteiger charge is -2.43. The minimum atomic E-state index is -3.14. The molecule has 2 aromatic rings. The van der Waals surface area contributed by atoms with Gasteiger partial charge in [0.15, 0.2) is 9.84 Å². The highest BCUT2D eigenvalue weighted by Crippen LogP contribution is 2.28. The Bertz CT molecular complexity index is 923. The summed E-state index contributed by atoms with van der Waals surface area (Å²) in [7, 11) is -1.51. The van der Waals surface area contributed by atoms with Gasteiger partial charge in [0.1, 0.15) is 0 Å². The fourth-order valence-electron chi connectivity index (χ4n) is 4.11. The lowest BCUT2D eigenvalue weighted by Crippen LogP contribution is -2.61. The molecule has 1 aromatic heterocycles. The first-order valence-corrected chi connectivity index (χ1v) is 10.6. The zero-order valence-corrected chi connectivity index (χ0v) is 15.5. The minimum Gasteiger partial charge on any atom is -0.383 e. The summed E-state index contributed by atoms with van der Waals surface area (Å²) < 4.78 is 29.7. The van der Waals surface area contributed by atoms with Gasteiger partial charge < -0.3 is 14.6 Å². The summed E-state index contributed by atoms with van der Waals surface area (Å²) in [6.07, 6.45) is 1.84. The van der Waals surface area contributed by atoms with E-state index in [0.29, 0.717) is 31.8 Å². The van der Waals surface area contributed by atoms with E-state index in [1.165, 1.54) is 0 Å². The number of aromatic nitrogens is 1. The SMILES string of the molecule is COCCN1CCN(C(=O)c2ccc3cc[nH]c3c2)[C@H]2CS(=O)(=O)C[C@H]21. The zero-order chi connectivity index (χ0) is 18.3. The predicted molar refractivity (Wildman–Crippen MR) is 99.0 cm³/mol. The smallest absolute Gasteiger partial charge is 0.254 e. The summed E-state index contributed by atoms with van der Waals surface area (Å²) in [5, 5.41) is 1.05. The first-order valence-electron chi connectivity index (χ1n) is 8.80. The Hall–Kier alpha value is -1.90. The summed E-state index contributed by atoms with van der Waals surface area (Å²) in [6, 6.07) is 7.08. The topological polar surface area (TPSA) is 82.7 Å². The van der Waals surface area contributed by atoms with Gasteiger partial charge in [0.2, 0.25) is 0 Å². The third-order valence-electron chi connectivity index (χ3n) is 5.44. The summed E-state index contributed by atoms with van der Waals surface area (Å²) in [4.78, 5) is 20.1. The number of fused-ring (bicyclic) bond motifs is 2. The van der Waals surface area contributed by atoms with E-state index in [2.05, 4.69) is 9.88 Å². The van der Waals surface area contributed by atoms with Gasteiger partial charge in [-0.3, -0.25) is 9.69 Å². The molecule has 1 N–H and O–H groups in total. The number of sulfone groups is 1. The Morgan fingerprint density at radius 2 is 2.04 bits per heavy atom. The van der Waals surface area contributed by atoms with Gasteiger partial charge in [0, 0.05) is 50.1 Å². The van der Waals surface area contributed by atoms with E-state index in [1.54, 1.807) is 12.0 Å². The van der Waals surface area contributed by atoms with E-state index in [1.807, 2.05) is 30.5 Å². The molecule has 2 atom stereocenters. The molecule has 1 amide bonds. The van der Waals surface area contributed by atoms with Crippen LogP contribution in [0.3, 0.4) is 0 Å². The van der Waals surface area contributed by atoms with Crippen LogP contribution in [-0.4, -0.2) is 86.0 Å². The Morgan fingerprint density at radius 3 is 2.85 bits per heavy atom. The molecule has 0 bridgehead atoms. The highest BCUT2D eigenvalue weighted by molar-refractivity contribution is 7.91. The second kappa shape index (κ2) is 6.68. The van der Waals surface area contributed by atoms with Crippen LogP contribution in [0.15, 0.2) is 30.5 Å². The van der Waals surface area contributed by atoms with Crippen molar-refractivity contribution >= 4 is 26.6 Å². The van der Waals surface area contributed by atoms with Gasteiger partial charge in [0.25, 0.3) is 5.91 Å². The van der Waals surface area contributed by atoms with Crippen molar-refractivity contribution in [3.05, 3.63) is 36.0 Å². The highest BCUT2D eigenvalue weighted by atomic mass is 32.2. The van der Waals surface area contributed by atoms with Crippen LogP contribution in [0.2, 0.25) is 0 Å². The molecule has 2 aliphatic heterocycles. The molecule has 0 unspecified atom stereocenters. The molecule has 140 valence electrons. The first kappa shape index (κ1) is 17.5. The number of nitrogens with zero attached hydrogens (tertiary/aromatic N) is 2. The van der Waals surface area contributed by atoms with E-state index < -0.39 is 9.84 Å². The number of piperazine rings is 1. The van der Waals surface area contributed by atoms with Crippen LogP contribution in [0.5, 0.6) is 0 Å². The molecule has 2 fully saturated rings. The number of hydrogen-bond donors (Lipinski definition) is 1. The number of carbonyl (C=O) groups excluding carboxylic acids is 1. The molecule has 0 saturated carbocycles. The third kappa shape index (κ3) is 3.13. The number of carbonyl (C=O) groups is 1. The molecule has 2 saturated heterocycles. The molecular formula is C18H23N3O4S. The number of methoxy groups -OCH3 is 1. The number of hydrogen-bond acceptors (Lipinski definition) is 5. The molecular weight excluding hydrogens is 354 g/mol. The van der Waals surface area contributed by atoms with Crippen LogP contribution >= 0.6 is 0 Å². The highest BCUT2D eigenvalue weighted by Gasteiger charge is 2.47. The van der Waals surface area contributed by atoms with E-state index in [-0.39, 0.29) is 29.5 Å². The Kier molecular flexibility index (Phi) is 4.50. The fraction of sp³-hybridized carbons (Fsp3) is 0.500. The summed E-state index contributed by atoms with van der Waals surface area (Å²) in [6.45, 7) is 2.43. The van der Waals surface area contributed by atoms with Crippen LogP contribution in [0, 0.1) is 0 Å². The molecule has 4 rings (SSSR count). The van der Waals surface area contributed by atoms with Crippen molar-refractivity contribution in [3.8, 4) is 0 Å². The maximum absolute atomic E-state index is 13.1. The van der Waals surface area contributed by atoms with Gasteiger partial charge >= 0.3 is 0 Å². The second-order valence-corrected chi connectivity index (χ2v) is 9.17. The number of aromatic amines is 1. The summed E-state index contributed by atoms with van der Waals surface area (Å²) >= 11 is 0. The lowest BCUT2D eigenvalue weighted by atomic mass is 10.0. The molecule has 26 heavy (non-hydrogen) atoms. The van der Waals surface area contributed by atoms with Crippen molar-refractivity contribution < 1.29 is 17.9 Å². The van der Waals surface area contributed by atoms with Crippen molar-refractivity contribution in [1.29, 1.82) is 0 Å². The average molecular weight is 377 g/mol. The van der Waals surface area contributed by atoms with Crippen molar-refractivity contribution in [2.45, 2.75) is 12.1 Å². The van der Waals surface area contributed by atoms with E-state index >= 15 is 0 Å². The molecule has 7 nitrogen and oxygen atoms in total. The number of H-pyrrole nitrogens is 1. The van der Waals surface area contributed by atoms with Crippen LogP contribution in [0.1, 0.15) is 10.4 Å². The monoisotopic (exact) mass is 377 g/mol. The van der Waals surface area contributed by atoms with Crippen LogP contribution < -0.4 is 0 Å². The largest absolute Gasteiger partial charge is 0.383 e. The Labute approximate surface area is 152 Å². The summed E-state index contributed by atoms with van der Waals surface area (Å²) in [5.41, 5.74) is 1.50.